The minimum Gasteiger partial charge on any atom is -0.380 e. The van der Waals surface area contributed by atoms with Crippen LogP contribution in [0.4, 0.5) is 5.69 Å². The monoisotopic (exact) mass is 385 g/mol. The van der Waals surface area contributed by atoms with Gasteiger partial charge in [-0.1, -0.05) is 63.4 Å². The maximum Gasteiger partial charge on any atom is 0.0999 e. The zero-order valence-corrected chi connectivity index (χ0v) is 14.3. The van der Waals surface area contributed by atoms with Crippen LogP contribution in [0.2, 0.25) is 10.0 Å². The molecule has 0 spiro atoms. The van der Waals surface area contributed by atoms with Crippen LogP contribution in [0.15, 0.2) is 40.9 Å². The summed E-state index contributed by atoms with van der Waals surface area (Å²) in [7, 11) is 0. The Hall–Kier alpha value is -0.740. The van der Waals surface area contributed by atoms with Gasteiger partial charge in [0.2, 0.25) is 0 Å². The molecule has 0 saturated heterocycles. The van der Waals surface area contributed by atoms with E-state index in [4.69, 9.17) is 27.9 Å². The Labute approximate surface area is 142 Å². The van der Waals surface area contributed by atoms with Gasteiger partial charge in [0.05, 0.1) is 28.4 Å². The van der Waals surface area contributed by atoms with Crippen molar-refractivity contribution in [2.75, 3.05) is 18.5 Å². The minimum atomic E-state index is 0.0192. The normalized spacial score (nSPS) is 17.4. The molecule has 0 aromatic heterocycles. The van der Waals surface area contributed by atoms with Crippen molar-refractivity contribution in [2.24, 2.45) is 0 Å². The largest absolute Gasteiger partial charge is 0.380 e. The van der Waals surface area contributed by atoms with Crippen LogP contribution < -0.4 is 5.32 Å². The van der Waals surface area contributed by atoms with Gasteiger partial charge in [0.25, 0.3) is 0 Å². The maximum absolute atomic E-state index is 6.23. The molecule has 5 heteroatoms. The van der Waals surface area contributed by atoms with E-state index in [1.54, 1.807) is 0 Å². The predicted octanol–water partition coefficient (Wildman–Crippen LogP) is 5.48. The van der Waals surface area contributed by atoms with Crippen LogP contribution >= 0.6 is 39.1 Å². The lowest BCUT2D eigenvalue weighted by Gasteiger charge is -2.27. The van der Waals surface area contributed by atoms with Crippen LogP contribution in [0.1, 0.15) is 17.2 Å². The molecule has 1 atom stereocenters. The molecule has 3 rings (SSSR count). The smallest absolute Gasteiger partial charge is 0.0999 e. The number of anilines is 1. The Morgan fingerprint density at radius 3 is 2.67 bits per heavy atom. The van der Waals surface area contributed by atoms with Crippen molar-refractivity contribution >= 4 is 44.8 Å². The summed E-state index contributed by atoms with van der Waals surface area (Å²) in [4.78, 5) is 0. The summed E-state index contributed by atoms with van der Waals surface area (Å²) in [5.41, 5.74) is 3.33. The van der Waals surface area contributed by atoms with Crippen molar-refractivity contribution in [1.29, 1.82) is 0 Å². The third-order valence-corrected chi connectivity index (χ3v) is 4.62. The van der Waals surface area contributed by atoms with Crippen LogP contribution in [-0.4, -0.2) is 13.2 Å². The molecule has 0 radical (unpaired) electrons. The first-order chi connectivity index (χ1) is 10.1. The molecule has 2 aromatic carbocycles. The minimum absolute atomic E-state index is 0.0192. The molecule has 1 N–H and O–H groups in total. The van der Waals surface area contributed by atoms with Gasteiger partial charge in [0, 0.05) is 11.0 Å². The fourth-order valence-electron chi connectivity index (χ4n) is 2.55. The van der Waals surface area contributed by atoms with Crippen molar-refractivity contribution in [3.05, 3.63) is 62.0 Å². The number of rotatable bonds is 3. The van der Waals surface area contributed by atoms with E-state index in [2.05, 4.69) is 39.4 Å². The number of nitrogens with one attached hydrogen (secondary N) is 1. The van der Waals surface area contributed by atoms with Crippen LogP contribution in [0, 0.1) is 0 Å². The van der Waals surface area contributed by atoms with Gasteiger partial charge in [-0.25, -0.2) is 0 Å². The highest BCUT2D eigenvalue weighted by atomic mass is 79.9. The zero-order valence-electron chi connectivity index (χ0n) is 11.2. The number of benzene rings is 2. The second-order valence-corrected chi connectivity index (χ2v) is 6.66. The Morgan fingerprint density at radius 1 is 1.19 bits per heavy atom. The Morgan fingerprint density at radius 2 is 1.90 bits per heavy atom. The third kappa shape index (κ3) is 3.37. The second-order valence-electron chi connectivity index (χ2n) is 4.93. The lowest BCUT2D eigenvalue weighted by atomic mass is 9.97. The molecule has 0 bridgehead atoms. The Balaban J connectivity index is 1.78. The number of ether oxygens (including phenoxy) is 1. The van der Waals surface area contributed by atoms with E-state index in [-0.39, 0.29) is 6.10 Å². The summed E-state index contributed by atoms with van der Waals surface area (Å²) in [6.07, 6.45) is 0.984. The lowest BCUT2D eigenvalue weighted by molar-refractivity contribution is 0.0513. The standard InChI is InChI=1S/C16H14BrCl2NO/c17-11-7-13(18)16(14(19)8-11)20-9-15-12-4-2-1-3-10(12)5-6-21-15/h1-4,7-8,15,20H,5-6,9H2. The summed E-state index contributed by atoms with van der Waals surface area (Å²) in [6.45, 7) is 1.38. The van der Waals surface area contributed by atoms with Crippen molar-refractivity contribution in [3.8, 4) is 0 Å². The van der Waals surface area contributed by atoms with Crippen LogP contribution in [0.3, 0.4) is 0 Å². The van der Waals surface area contributed by atoms with Crippen LogP contribution in [-0.2, 0) is 11.2 Å². The van der Waals surface area contributed by atoms with E-state index in [0.717, 1.165) is 23.2 Å². The fourth-order valence-corrected chi connectivity index (χ4v) is 3.89. The molecule has 0 aliphatic carbocycles. The summed E-state index contributed by atoms with van der Waals surface area (Å²) in [5.74, 6) is 0. The SMILES string of the molecule is Clc1cc(Br)cc(Cl)c1NCC1OCCc2ccccc21. The summed E-state index contributed by atoms with van der Waals surface area (Å²) in [6, 6.07) is 12.0. The highest BCUT2D eigenvalue weighted by Crippen LogP contribution is 2.35. The van der Waals surface area contributed by atoms with Gasteiger partial charge >= 0.3 is 0 Å². The lowest BCUT2D eigenvalue weighted by Crippen LogP contribution is -2.22. The number of halogens is 3. The first kappa shape index (κ1) is 15.2. The highest BCUT2D eigenvalue weighted by Gasteiger charge is 2.20. The topological polar surface area (TPSA) is 21.3 Å². The van der Waals surface area contributed by atoms with Gasteiger partial charge in [-0.15, -0.1) is 0 Å². The van der Waals surface area contributed by atoms with Gasteiger partial charge < -0.3 is 10.1 Å². The summed E-state index contributed by atoms with van der Waals surface area (Å²) >= 11 is 15.8. The molecular weight excluding hydrogens is 373 g/mol. The van der Waals surface area contributed by atoms with Gasteiger partial charge in [-0.05, 0) is 29.7 Å². The van der Waals surface area contributed by atoms with Crippen LogP contribution in [0.5, 0.6) is 0 Å². The first-order valence-electron chi connectivity index (χ1n) is 6.73. The highest BCUT2D eigenvalue weighted by molar-refractivity contribution is 9.10. The molecule has 1 heterocycles. The predicted molar refractivity (Wildman–Crippen MR) is 91.5 cm³/mol. The van der Waals surface area contributed by atoms with E-state index in [1.165, 1.54) is 11.1 Å². The fraction of sp³-hybridized carbons (Fsp3) is 0.250. The maximum atomic E-state index is 6.23. The average Bonchev–Trinajstić information content (AvgIpc) is 2.46. The Kier molecular flexibility index (Phi) is 4.75. The number of hydrogen-bond donors (Lipinski definition) is 1. The quantitative estimate of drug-likeness (QED) is 0.753. The molecule has 0 saturated carbocycles. The van der Waals surface area contributed by atoms with E-state index in [1.807, 2.05) is 18.2 Å². The van der Waals surface area contributed by atoms with Crippen LogP contribution in [0.25, 0.3) is 0 Å². The van der Waals surface area contributed by atoms with E-state index in [9.17, 15) is 0 Å². The van der Waals surface area contributed by atoms with Crippen molar-refractivity contribution in [1.82, 2.24) is 0 Å². The molecule has 1 unspecified atom stereocenters. The third-order valence-electron chi connectivity index (χ3n) is 3.56. The zero-order chi connectivity index (χ0) is 14.8. The van der Waals surface area contributed by atoms with Gasteiger partial charge in [0.1, 0.15) is 0 Å². The first-order valence-corrected chi connectivity index (χ1v) is 8.28. The molecule has 110 valence electrons. The Bertz CT molecular complexity index is 639. The summed E-state index contributed by atoms with van der Waals surface area (Å²) < 4.78 is 6.73. The van der Waals surface area contributed by atoms with E-state index >= 15 is 0 Å². The second kappa shape index (κ2) is 6.57. The molecule has 0 fully saturated rings. The van der Waals surface area contributed by atoms with E-state index in [0.29, 0.717) is 16.6 Å². The van der Waals surface area contributed by atoms with Gasteiger partial charge in [-0.3, -0.25) is 0 Å². The molecule has 1 aliphatic rings. The van der Waals surface area contributed by atoms with Gasteiger partial charge in [-0.2, -0.15) is 0 Å². The van der Waals surface area contributed by atoms with Crippen molar-refractivity contribution in [3.63, 3.8) is 0 Å². The van der Waals surface area contributed by atoms with E-state index < -0.39 is 0 Å². The van der Waals surface area contributed by atoms with Crippen molar-refractivity contribution in [2.45, 2.75) is 12.5 Å². The molecule has 2 nitrogen and oxygen atoms in total. The summed E-state index contributed by atoms with van der Waals surface area (Å²) in [5, 5.41) is 4.50. The van der Waals surface area contributed by atoms with Crippen molar-refractivity contribution < 1.29 is 4.74 Å². The van der Waals surface area contributed by atoms with Gasteiger partial charge in [0.15, 0.2) is 0 Å². The molecule has 2 aromatic rings. The molecule has 1 aliphatic heterocycles. The molecule has 21 heavy (non-hydrogen) atoms. The molecule has 0 amide bonds. The number of hydrogen-bond acceptors (Lipinski definition) is 2. The molecular formula is C16H14BrCl2NO. The average molecular weight is 387 g/mol. The number of fused-ring (bicyclic) bond motifs is 1.